The molecule has 0 spiro atoms. The van der Waals surface area contributed by atoms with Crippen molar-refractivity contribution >= 4 is 16.1 Å². The van der Waals surface area contributed by atoms with Gasteiger partial charge < -0.3 is 5.32 Å². The molecule has 1 unspecified atom stereocenters. The Labute approximate surface area is 109 Å². The van der Waals surface area contributed by atoms with Gasteiger partial charge in [0.1, 0.15) is 0 Å². The average molecular weight is 275 g/mol. The van der Waals surface area contributed by atoms with Crippen LogP contribution < -0.4 is 5.32 Å². The molecule has 0 bridgehead atoms. The summed E-state index contributed by atoms with van der Waals surface area (Å²) in [5, 5.41) is 2.71. The van der Waals surface area contributed by atoms with Crippen LogP contribution in [0.25, 0.3) is 0 Å². The topological polar surface area (TPSA) is 69.7 Å². The number of nitrogens with zero attached hydrogens (tertiary/aromatic N) is 2. The summed E-state index contributed by atoms with van der Waals surface area (Å²) in [6, 6.07) is 0. The number of hydrogen-bond acceptors (Lipinski definition) is 3. The third-order valence-electron chi connectivity index (χ3n) is 2.96. The summed E-state index contributed by atoms with van der Waals surface area (Å²) in [7, 11) is -0.427. The van der Waals surface area contributed by atoms with Gasteiger partial charge in [0.15, 0.2) is 0 Å². The molecule has 0 saturated carbocycles. The van der Waals surface area contributed by atoms with Crippen molar-refractivity contribution in [3.63, 3.8) is 0 Å². The van der Waals surface area contributed by atoms with E-state index in [2.05, 4.69) is 11.9 Å². The van der Waals surface area contributed by atoms with Gasteiger partial charge in [0, 0.05) is 33.7 Å². The van der Waals surface area contributed by atoms with Gasteiger partial charge in [-0.25, -0.2) is 0 Å². The predicted molar refractivity (Wildman–Crippen MR) is 70.1 cm³/mol. The molecule has 1 heterocycles. The standard InChI is InChI=1S/C11H21N3O3S/c1-4-7-12-11(15)10-6-5-8-14(9-10)18(16,17)13(2)3/h4,10H,1,5-9H2,2-3H3,(H,12,15). The van der Waals surface area contributed by atoms with Gasteiger partial charge in [0.05, 0.1) is 5.92 Å². The van der Waals surface area contributed by atoms with E-state index in [1.165, 1.54) is 22.7 Å². The summed E-state index contributed by atoms with van der Waals surface area (Å²) in [5.41, 5.74) is 0. The number of amides is 1. The van der Waals surface area contributed by atoms with Gasteiger partial charge in [-0.05, 0) is 12.8 Å². The van der Waals surface area contributed by atoms with Crippen LogP contribution in [0.2, 0.25) is 0 Å². The summed E-state index contributed by atoms with van der Waals surface area (Å²) < 4.78 is 26.5. The van der Waals surface area contributed by atoms with Crippen molar-refractivity contribution < 1.29 is 13.2 Å². The van der Waals surface area contributed by atoms with Gasteiger partial charge in [-0.1, -0.05) is 6.08 Å². The van der Waals surface area contributed by atoms with Crippen molar-refractivity contribution in [1.29, 1.82) is 0 Å². The van der Waals surface area contributed by atoms with Crippen molar-refractivity contribution in [3.05, 3.63) is 12.7 Å². The highest BCUT2D eigenvalue weighted by atomic mass is 32.2. The zero-order valence-electron chi connectivity index (χ0n) is 10.9. The van der Waals surface area contributed by atoms with Gasteiger partial charge >= 0.3 is 0 Å². The second kappa shape index (κ2) is 6.31. The van der Waals surface area contributed by atoms with E-state index < -0.39 is 10.2 Å². The van der Waals surface area contributed by atoms with Gasteiger partial charge in [0.2, 0.25) is 5.91 Å². The third kappa shape index (κ3) is 3.54. The minimum atomic E-state index is -3.42. The molecule has 0 radical (unpaired) electrons. The molecule has 1 N–H and O–H groups in total. The SMILES string of the molecule is C=CCNC(=O)C1CCCN(S(=O)(=O)N(C)C)C1. The fourth-order valence-electron chi connectivity index (χ4n) is 1.91. The number of carbonyl (C=O) groups excluding carboxylic acids is 1. The Morgan fingerprint density at radius 2 is 2.22 bits per heavy atom. The van der Waals surface area contributed by atoms with E-state index in [-0.39, 0.29) is 18.4 Å². The molecule has 1 aliphatic heterocycles. The first-order valence-electron chi connectivity index (χ1n) is 5.95. The quantitative estimate of drug-likeness (QED) is 0.707. The first-order valence-corrected chi connectivity index (χ1v) is 7.35. The van der Waals surface area contributed by atoms with E-state index in [0.29, 0.717) is 19.5 Å². The molecule has 1 rings (SSSR count). The summed E-state index contributed by atoms with van der Waals surface area (Å²) in [4.78, 5) is 11.8. The van der Waals surface area contributed by atoms with Crippen molar-refractivity contribution in [2.75, 3.05) is 33.7 Å². The molecular weight excluding hydrogens is 254 g/mol. The molecule has 1 aliphatic rings. The Hall–Kier alpha value is -0.920. The van der Waals surface area contributed by atoms with Gasteiger partial charge in [-0.15, -0.1) is 6.58 Å². The monoisotopic (exact) mass is 275 g/mol. The highest BCUT2D eigenvalue weighted by Crippen LogP contribution is 2.20. The van der Waals surface area contributed by atoms with Crippen molar-refractivity contribution in [2.45, 2.75) is 12.8 Å². The normalized spacial score (nSPS) is 21.8. The lowest BCUT2D eigenvalue weighted by atomic mass is 9.99. The molecule has 18 heavy (non-hydrogen) atoms. The number of rotatable bonds is 5. The van der Waals surface area contributed by atoms with Gasteiger partial charge in [0.25, 0.3) is 10.2 Å². The highest BCUT2D eigenvalue weighted by Gasteiger charge is 2.33. The Bertz CT molecular complexity index is 406. The number of piperidine rings is 1. The first kappa shape index (κ1) is 15.1. The van der Waals surface area contributed by atoms with E-state index in [0.717, 1.165) is 6.42 Å². The van der Waals surface area contributed by atoms with Crippen LogP contribution in [0.15, 0.2) is 12.7 Å². The van der Waals surface area contributed by atoms with Gasteiger partial charge in [-0.2, -0.15) is 17.0 Å². The summed E-state index contributed by atoms with van der Waals surface area (Å²) in [6.45, 7) is 4.67. The Kier molecular flexibility index (Phi) is 5.30. The second-order valence-electron chi connectivity index (χ2n) is 4.52. The Balaban J connectivity index is 2.67. The molecular formula is C11H21N3O3S. The Morgan fingerprint density at radius 3 is 2.78 bits per heavy atom. The van der Waals surface area contributed by atoms with Crippen LogP contribution in [-0.4, -0.2) is 56.7 Å². The van der Waals surface area contributed by atoms with Crippen LogP contribution in [-0.2, 0) is 15.0 Å². The van der Waals surface area contributed by atoms with Crippen molar-refractivity contribution in [2.24, 2.45) is 5.92 Å². The molecule has 0 aromatic carbocycles. The number of nitrogens with one attached hydrogen (secondary N) is 1. The molecule has 104 valence electrons. The molecule has 1 amide bonds. The fraction of sp³-hybridized carbons (Fsp3) is 0.727. The zero-order valence-corrected chi connectivity index (χ0v) is 11.7. The molecule has 7 heteroatoms. The third-order valence-corrected chi connectivity index (χ3v) is 4.87. The summed E-state index contributed by atoms with van der Waals surface area (Å²) >= 11 is 0. The van der Waals surface area contributed by atoms with E-state index >= 15 is 0 Å². The van der Waals surface area contributed by atoms with Crippen LogP contribution in [0.3, 0.4) is 0 Å². The predicted octanol–water partition coefficient (Wildman–Crippen LogP) is -0.193. The molecule has 1 saturated heterocycles. The van der Waals surface area contributed by atoms with Crippen molar-refractivity contribution in [1.82, 2.24) is 13.9 Å². The largest absolute Gasteiger partial charge is 0.352 e. The summed E-state index contributed by atoms with van der Waals surface area (Å²) in [5.74, 6) is -0.373. The van der Waals surface area contributed by atoms with Crippen LogP contribution >= 0.6 is 0 Å². The highest BCUT2D eigenvalue weighted by molar-refractivity contribution is 7.86. The molecule has 1 fully saturated rings. The fourth-order valence-corrected chi connectivity index (χ4v) is 3.10. The van der Waals surface area contributed by atoms with E-state index in [9.17, 15) is 13.2 Å². The van der Waals surface area contributed by atoms with Crippen LogP contribution in [0.4, 0.5) is 0 Å². The first-order chi connectivity index (χ1) is 8.39. The van der Waals surface area contributed by atoms with Crippen molar-refractivity contribution in [3.8, 4) is 0 Å². The lowest BCUT2D eigenvalue weighted by Gasteiger charge is -2.32. The van der Waals surface area contributed by atoms with Crippen LogP contribution in [0, 0.1) is 5.92 Å². The molecule has 0 aliphatic carbocycles. The van der Waals surface area contributed by atoms with E-state index in [4.69, 9.17) is 0 Å². The molecule has 6 nitrogen and oxygen atoms in total. The van der Waals surface area contributed by atoms with E-state index in [1.807, 2.05) is 0 Å². The van der Waals surface area contributed by atoms with Crippen LogP contribution in [0.1, 0.15) is 12.8 Å². The lowest BCUT2D eigenvalue weighted by Crippen LogP contribution is -2.48. The maximum absolute atomic E-state index is 12.0. The van der Waals surface area contributed by atoms with E-state index in [1.54, 1.807) is 6.08 Å². The lowest BCUT2D eigenvalue weighted by molar-refractivity contribution is -0.125. The smallest absolute Gasteiger partial charge is 0.281 e. The van der Waals surface area contributed by atoms with Crippen LogP contribution in [0.5, 0.6) is 0 Å². The average Bonchev–Trinajstić information content (AvgIpc) is 2.35. The zero-order chi connectivity index (χ0) is 13.8. The number of hydrogen-bond donors (Lipinski definition) is 1. The Morgan fingerprint density at radius 1 is 1.56 bits per heavy atom. The number of carbonyl (C=O) groups is 1. The molecule has 0 aromatic rings. The minimum absolute atomic E-state index is 0.103. The summed E-state index contributed by atoms with van der Waals surface area (Å²) in [6.07, 6.45) is 3.04. The van der Waals surface area contributed by atoms with Gasteiger partial charge in [-0.3, -0.25) is 4.79 Å². The molecule has 1 atom stereocenters. The maximum Gasteiger partial charge on any atom is 0.281 e. The second-order valence-corrected chi connectivity index (χ2v) is 6.66. The minimum Gasteiger partial charge on any atom is -0.352 e. The molecule has 0 aromatic heterocycles. The maximum atomic E-state index is 12.0.